The van der Waals surface area contributed by atoms with Crippen molar-refractivity contribution >= 4 is 23.2 Å². The van der Waals surface area contributed by atoms with Crippen LogP contribution in [-0.2, 0) is 0 Å². The highest BCUT2D eigenvalue weighted by Crippen LogP contribution is 2.29. The number of aromatic amines is 1. The van der Waals surface area contributed by atoms with Crippen LogP contribution < -0.4 is 11.5 Å². The van der Waals surface area contributed by atoms with Crippen LogP contribution in [0.1, 0.15) is 30.2 Å². The standard InChI is InChI=1S/C14H14N4O3/c1-7(2)18-13(15)9(6-19)12(17-18)8-3-4-10-11(5-8)21-14(20)16-10/h3-7H,15H2,1-2H3,(H,16,20). The lowest BCUT2D eigenvalue weighted by atomic mass is 10.1. The number of nitrogens with zero attached hydrogens (tertiary/aromatic N) is 2. The zero-order valence-corrected chi connectivity index (χ0v) is 11.6. The van der Waals surface area contributed by atoms with Gasteiger partial charge in [-0.15, -0.1) is 0 Å². The summed E-state index contributed by atoms with van der Waals surface area (Å²) < 4.78 is 6.62. The molecule has 0 spiro atoms. The number of aromatic nitrogens is 3. The predicted octanol–water partition coefficient (Wildman–Crippen LogP) is 1.96. The second kappa shape index (κ2) is 4.62. The largest absolute Gasteiger partial charge is 0.417 e. The van der Waals surface area contributed by atoms with E-state index in [1.807, 2.05) is 13.8 Å². The van der Waals surface area contributed by atoms with Gasteiger partial charge in [-0.1, -0.05) is 6.07 Å². The summed E-state index contributed by atoms with van der Waals surface area (Å²) >= 11 is 0. The third-order valence-corrected chi connectivity index (χ3v) is 3.29. The van der Waals surface area contributed by atoms with Crippen LogP contribution >= 0.6 is 0 Å². The van der Waals surface area contributed by atoms with Crippen LogP contribution in [0.25, 0.3) is 22.4 Å². The molecule has 0 aliphatic carbocycles. The second-order valence-electron chi connectivity index (χ2n) is 5.03. The SMILES string of the molecule is CC(C)n1nc(-c2ccc3[nH]c(=O)oc3c2)c(C=O)c1N. The zero-order valence-electron chi connectivity index (χ0n) is 11.6. The van der Waals surface area contributed by atoms with Gasteiger partial charge in [0.05, 0.1) is 11.1 Å². The van der Waals surface area contributed by atoms with Gasteiger partial charge < -0.3 is 10.2 Å². The number of nitrogens with two attached hydrogens (primary N) is 1. The fourth-order valence-electron chi connectivity index (χ4n) is 2.28. The fourth-order valence-corrected chi connectivity index (χ4v) is 2.28. The molecule has 0 saturated carbocycles. The lowest BCUT2D eigenvalue weighted by Gasteiger charge is -2.06. The summed E-state index contributed by atoms with van der Waals surface area (Å²) in [6.07, 6.45) is 0.689. The molecule has 1 aromatic carbocycles. The quantitative estimate of drug-likeness (QED) is 0.716. The number of aldehydes is 1. The lowest BCUT2D eigenvalue weighted by Crippen LogP contribution is -2.07. The van der Waals surface area contributed by atoms with Crippen molar-refractivity contribution in [1.82, 2.24) is 14.8 Å². The maximum atomic E-state index is 11.3. The molecule has 2 aromatic heterocycles. The minimum atomic E-state index is -0.523. The Kier molecular flexibility index (Phi) is 2.90. The van der Waals surface area contributed by atoms with Crippen molar-refractivity contribution in [1.29, 1.82) is 0 Å². The van der Waals surface area contributed by atoms with E-state index >= 15 is 0 Å². The Bertz CT molecular complexity index is 885. The topological polar surface area (TPSA) is 107 Å². The first-order valence-corrected chi connectivity index (χ1v) is 6.47. The average Bonchev–Trinajstić information content (AvgIpc) is 2.96. The molecule has 108 valence electrons. The summed E-state index contributed by atoms with van der Waals surface area (Å²) in [7, 11) is 0. The number of hydrogen-bond acceptors (Lipinski definition) is 5. The van der Waals surface area contributed by atoms with Gasteiger partial charge in [0.15, 0.2) is 11.9 Å². The number of hydrogen-bond donors (Lipinski definition) is 2. The summed E-state index contributed by atoms with van der Waals surface area (Å²) in [5, 5.41) is 4.39. The second-order valence-corrected chi connectivity index (χ2v) is 5.03. The van der Waals surface area contributed by atoms with E-state index in [4.69, 9.17) is 10.2 Å². The molecule has 0 unspecified atom stereocenters. The van der Waals surface area contributed by atoms with E-state index < -0.39 is 5.76 Å². The normalized spacial score (nSPS) is 11.4. The molecule has 3 aromatic rings. The lowest BCUT2D eigenvalue weighted by molar-refractivity contribution is 0.112. The highest BCUT2D eigenvalue weighted by atomic mass is 16.4. The molecule has 0 aliphatic rings. The minimum absolute atomic E-state index is 0.0337. The van der Waals surface area contributed by atoms with Gasteiger partial charge in [-0.3, -0.25) is 9.78 Å². The van der Waals surface area contributed by atoms with Gasteiger partial charge in [0.1, 0.15) is 11.5 Å². The Morgan fingerprint density at radius 2 is 2.19 bits per heavy atom. The number of fused-ring (bicyclic) bond motifs is 1. The summed E-state index contributed by atoms with van der Waals surface area (Å²) in [5.41, 5.74) is 8.43. The molecule has 0 saturated heterocycles. The number of carbonyl (C=O) groups excluding carboxylic acids is 1. The van der Waals surface area contributed by atoms with E-state index in [1.54, 1.807) is 22.9 Å². The number of nitrogens with one attached hydrogen (secondary N) is 1. The molecular formula is C14H14N4O3. The highest BCUT2D eigenvalue weighted by Gasteiger charge is 2.18. The molecule has 7 heteroatoms. The van der Waals surface area contributed by atoms with Gasteiger partial charge in [0.2, 0.25) is 0 Å². The van der Waals surface area contributed by atoms with Gasteiger partial charge in [-0.25, -0.2) is 9.48 Å². The van der Waals surface area contributed by atoms with Crippen molar-refractivity contribution in [2.45, 2.75) is 19.9 Å². The van der Waals surface area contributed by atoms with Crippen molar-refractivity contribution < 1.29 is 9.21 Å². The van der Waals surface area contributed by atoms with Crippen molar-refractivity contribution in [2.75, 3.05) is 5.73 Å². The third-order valence-electron chi connectivity index (χ3n) is 3.29. The van der Waals surface area contributed by atoms with E-state index in [-0.39, 0.29) is 6.04 Å². The fraction of sp³-hybridized carbons (Fsp3) is 0.214. The molecule has 3 rings (SSSR count). The van der Waals surface area contributed by atoms with E-state index in [0.29, 0.717) is 40.0 Å². The minimum Gasteiger partial charge on any atom is -0.408 e. The van der Waals surface area contributed by atoms with Crippen LogP contribution in [0.15, 0.2) is 27.4 Å². The monoisotopic (exact) mass is 286 g/mol. The van der Waals surface area contributed by atoms with Gasteiger partial charge in [-0.2, -0.15) is 5.10 Å². The molecule has 7 nitrogen and oxygen atoms in total. The van der Waals surface area contributed by atoms with Crippen molar-refractivity contribution in [3.63, 3.8) is 0 Å². The van der Waals surface area contributed by atoms with Crippen LogP contribution in [0.3, 0.4) is 0 Å². The maximum Gasteiger partial charge on any atom is 0.417 e. The van der Waals surface area contributed by atoms with E-state index in [2.05, 4.69) is 10.1 Å². The molecule has 0 radical (unpaired) electrons. The molecule has 0 atom stereocenters. The smallest absolute Gasteiger partial charge is 0.408 e. The molecule has 0 aliphatic heterocycles. The van der Waals surface area contributed by atoms with Crippen LogP contribution in [0, 0.1) is 0 Å². The Hall–Kier alpha value is -2.83. The van der Waals surface area contributed by atoms with Crippen LogP contribution in [-0.4, -0.2) is 21.1 Å². The van der Waals surface area contributed by atoms with Gasteiger partial charge in [-0.05, 0) is 26.0 Å². The third kappa shape index (κ3) is 2.03. The molecule has 3 N–H and O–H groups in total. The Balaban J connectivity index is 2.23. The molecule has 21 heavy (non-hydrogen) atoms. The number of carbonyl (C=O) groups is 1. The number of anilines is 1. The first-order valence-electron chi connectivity index (χ1n) is 6.47. The summed E-state index contributed by atoms with van der Waals surface area (Å²) in [6.45, 7) is 3.85. The first kappa shape index (κ1) is 13.2. The van der Waals surface area contributed by atoms with Crippen LogP contribution in [0.5, 0.6) is 0 Å². The Labute approximate surface area is 119 Å². The molecule has 0 amide bonds. The number of nitrogen functional groups attached to an aromatic ring is 1. The van der Waals surface area contributed by atoms with Crippen molar-refractivity contribution in [3.05, 3.63) is 34.3 Å². The number of H-pyrrole nitrogens is 1. The maximum absolute atomic E-state index is 11.3. The molecule has 0 fully saturated rings. The first-order chi connectivity index (χ1) is 10.0. The number of benzene rings is 1. The zero-order chi connectivity index (χ0) is 15.1. The van der Waals surface area contributed by atoms with E-state index in [1.165, 1.54) is 0 Å². The average molecular weight is 286 g/mol. The van der Waals surface area contributed by atoms with E-state index in [0.717, 1.165) is 0 Å². The Morgan fingerprint density at radius 3 is 2.86 bits per heavy atom. The number of oxazole rings is 1. The van der Waals surface area contributed by atoms with Gasteiger partial charge >= 0.3 is 5.76 Å². The van der Waals surface area contributed by atoms with Crippen molar-refractivity contribution in [3.8, 4) is 11.3 Å². The molecule has 0 bridgehead atoms. The van der Waals surface area contributed by atoms with Gasteiger partial charge in [0.25, 0.3) is 0 Å². The summed E-state index contributed by atoms with van der Waals surface area (Å²) in [5.74, 6) is -0.199. The van der Waals surface area contributed by atoms with Crippen LogP contribution in [0.2, 0.25) is 0 Å². The van der Waals surface area contributed by atoms with Crippen molar-refractivity contribution in [2.24, 2.45) is 0 Å². The highest BCUT2D eigenvalue weighted by molar-refractivity contribution is 5.93. The predicted molar refractivity (Wildman–Crippen MR) is 78.2 cm³/mol. The molecule has 2 heterocycles. The summed E-state index contributed by atoms with van der Waals surface area (Å²) in [4.78, 5) is 25.1. The number of rotatable bonds is 3. The van der Waals surface area contributed by atoms with Gasteiger partial charge in [0, 0.05) is 11.6 Å². The summed E-state index contributed by atoms with van der Waals surface area (Å²) in [6, 6.07) is 5.15. The van der Waals surface area contributed by atoms with E-state index in [9.17, 15) is 9.59 Å². The van der Waals surface area contributed by atoms with Crippen LogP contribution in [0.4, 0.5) is 5.82 Å². The molecular weight excluding hydrogens is 272 g/mol. The Morgan fingerprint density at radius 1 is 1.43 bits per heavy atom.